The van der Waals surface area contributed by atoms with Crippen LogP contribution >= 0.6 is 0 Å². The summed E-state index contributed by atoms with van der Waals surface area (Å²) in [7, 11) is 1.51. The van der Waals surface area contributed by atoms with Crippen molar-refractivity contribution in [3.05, 3.63) is 76.3 Å². The number of methoxy groups -OCH3 is 1. The number of nitrogens with two attached hydrogens (primary N) is 1. The van der Waals surface area contributed by atoms with Crippen LogP contribution in [0, 0.1) is 25.2 Å². The second kappa shape index (κ2) is 8.96. The van der Waals surface area contributed by atoms with Gasteiger partial charge in [0.2, 0.25) is 11.8 Å². The van der Waals surface area contributed by atoms with E-state index in [2.05, 4.69) is 21.6 Å². The van der Waals surface area contributed by atoms with E-state index in [0.29, 0.717) is 17.4 Å². The zero-order valence-corrected chi connectivity index (χ0v) is 18.4. The largest absolute Gasteiger partial charge is 0.493 e. The molecule has 4 rings (SSSR count). The molecular formula is C24H23N5O4. The molecule has 0 aliphatic carbocycles. The number of aryl methyl sites for hydroxylation is 2. The highest BCUT2D eigenvalue weighted by Crippen LogP contribution is 2.44. The summed E-state index contributed by atoms with van der Waals surface area (Å²) < 4.78 is 16.7. The summed E-state index contributed by atoms with van der Waals surface area (Å²) in [5.41, 5.74) is 10.2. The number of para-hydroxylation sites is 1. The highest BCUT2D eigenvalue weighted by Gasteiger charge is 2.34. The number of fused-ring (bicyclic) bond motifs is 1. The summed E-state index contributed by atoms with van der Waals surface area (Å²) in [6.45, 7) is 3.57. The number of hydrogen-bond acceptors (Lipinski definition) is 7. The molecule has 0 unspecified atom stereocenters. The van der Waals surface area contributed by atoms with Crippen molar-refractivity contribution in [2.45, 2.75) is 19.8 Å². The minimum absolute atomic E-state index is 0.00803. The Kier molecular flexibility index (Phi) is 5.91. The van der Waals surface area contributed by atoms with Gasteiger partial charge in [0.25, 0.3) is 5.91 Å². The Morgan fingerprint density at radius 2 is 2.06 bits per heavy atom. The smallest absolute Gasteiger partial charge is 0.262 e. The molecule has 4 N–H and O–H groups in total. The first-order chi connectivity index (χ1) is 15.9. The summed E-state index contributed by atoms with van der Waals surface area (Å²) in [5, 5.41) is 19.5. The van der Waals surface area contributed by atoms with Crippen molar-refractivity contribution < 1.29 is 19.0 Å². The third kappa shape index (κ3) is 4.19. The van der Waals surface area contributed by atoms with Gasteiger partial charge in [-0.2, -0.15) is 5.26 Å². The fourth-order valence-corrected chi connectivity index (χ4v) is 3.76. The van der Waals surface area contributed by atoms with Gasteiger partial charge in [0.05, 0.1) is 13.0 Å². The first-order valence-electron chi connectivity index (χ1n) is 10.2. The molecule has 0 saturated carbocycles. The van der Waals surface area contributed by atoms with E-state index in [9.17, 15) is 10.1 Å². The molecule has 0 saturated heterocycles. The minimum Gasteiger partial charge on any atom is -0.493 e. The Morgan fingerprint density at radius 3 is 2.79 bits per heavy atom. The van der Waals surface area contributed by atoms with Crippen LogP contribution in [0.3, 0.4) is 0 Å². The number of allylic oxidation sites excluding steroid dienone is 1. The van der Waals surface area contributed by atoms with Crippen LogP contribution in [0.25, 0.3) is 0 Å². The highest BCUT2D eigenvalue weighted by atomic mass is 16.5. The maximum atomic E-state index is 12.4. The number of benzene rings is 2. The van der Waals surface area contributed by atoms with Crippen LogP contribution in [0.1, 0.15) is 28.3 Å². The number of H-pyrrole nitrogens is 1. The predicted octanol–water partition coefficient (Wildman–Crippen LogP) is 3.27. The Labute approximate surface area is 190 Å². The number of nitrogens with zero attached hydrogens (tertiary/aromatic N) is 2. The molecule has 0 fully saturated rings. The van der Waals surface area contributed by atoms with Crippen molar-refractivity contribution in [3.8, 4) is 23.4 Å². The Balaban J connectivity index is 1.57. The topological polar surface area (TPSA) is 135 Å². The molecule has 0 spiro atoms. The molecule has 1 aliphatic rings. The summed E-state index contributed by atoms with van der Waals surface area (Å²) in [6, 6.07) is 14.9. The molecule has 0 radical (unpaired) electrons. The number of ether oxygens (including phenoxy) is 3. The molecule has 3 aromatic rings. The molecular weight excluding hydrogens is 422 g/mol. The number of nitrogens with one attached hydrogen (secondary N) is 2. The zero-order chi connectivity index (χ0) is 23.5. The summed E-state index contributed by atoms with van der Waals surface area (Å²) in [6.07, 6.45) is 0. The number of amides is 1. The summed E-state index contributed by atoms with van der Waals surface area (Å²) in [5.74, 6) is 0.384. The Morgan fingerprint density at radius 1 is 1.27 bits per heavy atom. The molecule has 1 aromatic heterocycles. The number of carbonyl (C=O) groups excluding carboxylic acids is 1. The van der Waals surface area contributed by atoms with Crippen molar-refractivity contribution in [3.63, 3.8) is 0 Å². The molecule has 33 heavy (non-hydrogen) atoms. The Hall–Kier alpha value is -4.45. The minimum atomic E-state index is -0.482. The van der Waals surface area contributed by atoms with E-state index in [1.165, 1.54) is 7.11 Å². The highest BCUT2D eigenvalue weighted by molar-refractivity contribution is 5.92. The number of rotatable bonds is 6. The third-order valence-corrected chi connectivity index (χ3v) is 5.43. The zero-order valence-electron chi connectivity index (χ0n) is 18.4. The lowest BCUT2D eigenvalue weighted by atomic mass is 9.84. The molecule has 9 nitrogen and oxygen atoms in total. The molecule has 2 aromatic carbocycles. The summed E-state index contributed by atoms with van der Waals surface area (Å²) >= 11 is 0. The van der Waals surface area contributed by atoms with Crippen LogP contribution in [0.15, 0.2) is 53.9 Å². The number of aromatic nitrogens is 2. The van der Waals surface area contributed by atoms with E-state index >= 15 is 0 Å². The van der Waals surface area contributed by atoms with Crippen LogP contribution in [0.5, 0.6) is 17.4 Å². The van der Waals surface area contributed by atoms with Gasteiger partial charge in [-0.25, -0.2) is 0 Å². The van der Waals surface area contributed by atoms with E-state index in [0.717, 1.165) is 28.1 Å². The maximum Gasteiger partial charge on any atom is 0.262 e. The quantitative estimate of drug-likeness (QED) is 0.530. The Bertz CT molecular complexity index is 1290. The average molecular weight is 445 g/mol. The van der Waals surface area contributed by atoms with Gasteiger partial charge in [-0.1, -0.05) is 24.3 Å². The lowest BCUT2D eigenvalue weighted by Gasteiger charge is -2.24. The van der Waals surface area contributed by atoms with Crippen molar-refractivity contribution in [2.75, 3.05) is 19.0 Å². The van der Waals surface area contributed by atoms with Crippen molar-refractivity contribution in [1.82, 2.24) is 10.2 Å². The van der Waals surface area contributed by atoms with Crippen LogP contribution < -0.4 is 25.3 Å². The molecule has 1 amide bonds. The fourth-order valence-electron chi connectivity index (χ4n) is 3.76. The fraction of sp³-hybridized carbons (Fsp3) is 0.208. The molecule has 1 aliphatic heterocycles. The van der Waals surface area contributed by atoms with E-state index in [1.807, 2.05) is 38.1 Å². The van der Waals surface area contributed by atoms with Crippen LogP contribution in [0.2, 0.25) is 0 Å². The van der Waals surface area contributed by atoms with Crippen LogP contribution in [-0.2, 0) is 4.79 Å². The van der Waals surface area contributed by atoms with E-state index in [4.69, 9.17) is 19.9 Å². The van der Waals surface area contributed by atoms with Gasteiger partial charge in [-0.15, -0.1) is 5.10 Å². The van der Waals surface area contributed by atoms with E-state index in [1.54, 1.807) is 18.2 Å². The third-order valence-electron chi connectivity index (χ3n) is 5.43. The first-order valence-corrected chi connectivity index (χ1v) is 10.2. The monoisotopic (exact) mass is 445 g/mol. The number of aromatic amines is 1. The second-order valence-corrected chi connectivity index (χ2v) is 7.55. The standard InChI is InChI=1S/C24H23N5O4/c1-13-6-4-5-7-17(13)27-20(30)12-32-18-9-8-15(10-19(18)31-3)22-16(11-25)23(26)33-24-21(22)14(2)28-29-24/h4-10,22H,12,26H2,1-3H3,(H,27,30)(H,28,29)/t22-/m0/s1. The van der Waals surface area contributed by atoms with E-state index in [-0.39, 0.29) is 24.0 Å². The number of hydrogen-bond donors (Lipinski definition) is 3. The lowest BCUT2D eigenvalue weighted by Crippen LogP contribution is -2.21. The first kappa shape index (κ1) is 21.8. The predicted molar refractivity (Wildman–Crippen MR) is 121 cm³/mol. The molecule has 168 valence electrons. The van der Waals surface area contributed by atoms with Gasteiger partial charge in [0.1, 0.15) is 11.6 Å². The maximum absolute atomic E-state index is 12.4. The average Bonchev–Trinajstić information content (AvgIpc) is 3.18. The molecule has 2 heterocycles. The molecule has 1 atom stereocenters. The van der Waals surface area contributed by atoms with Gasteiger partial charge in [0.15, 0.2) is 18.1 Å². The van der Waals surface area contributed by atoms with Gasteiger partial charge >= 0.3 is 0 Å². The van der Waals surface area contributed by atoms with Gasteiger partial charge in [0, 0.05) is 16.9 Å². The van der Waals surface area contributed by atoms with Crippen molar-refractivity contribution >= 4 is 11.6 Å². The van der Waals surface area contributed by atoms with Gasteiger partial charge in [-0.3, -0.25) is 9.89 Å². The van der Waals surface area contributed by atoms with Crippen LogP contribution in [0.4, 0.5) is 5.69 Å². The van der Waals surface area contributed by atoms with Crippen molar-refractivity contribution in [1.29, 1.82) is 5.26 Å². The van der Waals surface area contributed by atoms with E-state index < -0.39 is 5.92 Å². The van der Waals surface area contributed by atoms with Crippen LogP contribution in [-0.4, -0.2) is 29.8 Å². The van der Waals surface area contributed by atoms with Gasteiger partial charge in [-0.05, 0) is 43.2 Å². The van der Waals surface area contributed by atoms with Gasteiger partial charge < -0.3 is 25.3 Å². The second-order valence-electron chi connectivity index (χ2n) is 7.55. The molecule has 0 bridgehead atoms. The van der Waals surface area contributed by atoms with Crippen molar-refractivity contribution in [2.24, 2.45) is 5.73 Å². The summed E-state index contributed by atoms with van der Waals surface area (Å²) in [4.78, 5) is 12.4. The lowest BCUT2D eigenvalue weighted by molar-refractivity contribution is -0.118. The number of carbonyl (C=O) groups is 1. The number of anilines is 1. The molecule has 9 heteroatoms. The number of nitriles is 1. The normalized spacial score (nSPS) is 14.7. The SMILES string of the molecule is COc1cc([C@H]2C(C#N)=C(N)Oc3n[nH]c(C)c32)ccc1OCC(=O)Nc1ccccc1C.